The second-order valence-electron chi connectivity index (χ2n) is 7.78. The highest BCUT2D eigenvalue weighted by Gasteiger charge is 2.23. The minimum Gasteiger partial charge on any atom is -0.365 e. The van der Waals surface area contributed by atoms with Crippen molar-refractivity contribution in [1.82, 2.24) is 14.8 Å². The van der Waals surface area contributed by atoms with Gasteiger partial charge in [0.2, 0.25) is 0 Å². The standard InChI is InChI=1S/C23H20N6O3S2/c1-27-14-24-26-23(27)34-21-7-6-15(12-19(21)29(31)32)22(30)25-17-4-2-3-5-18(17)28-10-8-20-16(13-28)9-11-33-20/h2-7,9,11-12,14H,8,10,13H2,1H3,(H,25,30). The molecule has 9 nitrogen and oxygen atoms in total. The minimum absolute atomic E-state index is 0.157. The molecule has 0 saturated carbocycles. The molecule has 3 heterocycles. The first-order chi connectivity index (χ1) is 16.5. The topological polar surface area (TPSA) is 106 Å². The van der Waals surface area contributed by atoms with Gasteiger partial charge >= 0.3 is 0 Å². The van der Waals surface area contributed by atoms with Crippen LogP contribution in [0.25, 0.3) is 0 Å². The Morgan fingerprint density at radius 2 is 2.09 bits per heavy atom. The fourth-order valence-corrected chi connectivity index (χ4v) is 5.59. The first kappa shape index (κ1) is 22.1. The van der Waals surface area contributed by atoms with Crippen LogP contribution in [0.4, 0.5) is 17.1 Å². The third kappa shape index (κ3) is 4.39. The van der Waals surface area contributed by atoms with Gasteiger partial charge in [-0.3, -0.25) is 14.9 Å². The lowest BCUT2D eigenvalue weighted by Crippen LogP contribution is -2.30. The first-order valence-corrected chi connectivity index (χ1v) is 12.2. The van der Waals surface area contributed by atoms with Crippen molar-refractivity contribution in [2.24, 2.45) is 7.05 Å². The van der Waals surface area contributed by atoms with E-state index in [1.807, 2.05) is 24.3 Å². The summed E-state index contributed by atoms with van der Waals surface area (Å²) >= 11 is 2.91. The van der Waals surface area contributed by atoms with Crippen molar-refractivity contribution in [2.75, 3.05) is 16.8 Å². The number of nitro groups is 1. The second kappa shape index (κ2) is 9.27. The van der Waals surface area contributed by atoms with Crippen LogP contribution < -0.4 is 10.2 Å². The molecule has 1 aliphatic heterocycles. The van der Waals surface area contributed by atoms with E-state index in [9.17, 15) is 14.9 Å². The maximum absolute atomic E-state index is 13.1. The van der Waals surface area contributed by atoms with Gasteiger partial charge in [0.05, 0.1) is 21.2 Å². The number of amides is 1. The number of aromatic nitrogens is 3. The number of carbonyl (C=O) groups excluding carboxylic acids is 1. The molecular weight excluding hydrogens is 472 g/mol. The van der Waals surface area contributed by atoms with Gasteiger partial charge in [-0.1, -0.05) is 12.1 Å². The zero-order valence-electron chi connectivity index (χ0n) is 18.2. The van der Waals surface area contributed by atoms with Gasteiger partial charge in [-0.05, 0) is 59.5 Å². The van der Waals surface area contributed by atoms with Crippen LogP contribution in [-0.4, -0.2) is 32.1 Å². The van der Waals surface area contributed by atoms with Crippen molar-refractivity contribution in [1.29, 1.82) is 0 Å². The van der Waals surface area contributed by atoms with Crippen molar-refractivity contribution in [3.8, 4) is 0 Å². The Morgan fingerprint density at radius 1 is 1.24 bits per heavy atom. The summed E-state index contributed by atoms with van der Waals surface area (Å²) in [6.07, 6.45) is 2.49. The number of anilines is 2. The average Bonchev–Trinajstić information content (AvgIpc) is 3.47. The molecule has 1 N–H and O–H groups in total. The highest BCUT2D eigenvalue weighted by molar-refractivity contribution is 7.99. The van der Waals surface area contributed by atoms with E-state index in [1.165, 1.54) is 22.8 Å². The molecule has 0 aliphatic carbocycles. The number of para-hydroxylation sites is 2. The van der Waals surface area contributed by atoms with Crippen LogP contribution in [0.1, 0.15) is 20.8 Å². The maximum Gasteiger partial charge on any atom is 0.284 e. The molecule has 1 amide bonds. The van der Waals surface area contributed by atoms with Gasteiger partial charge < -0.3 is 14.8 Å². The van der Waals surface area contributed by atoms with E-state index >= 15 is 0 Å². The van der Waals surface area contributed by atoms with Crippen molar-refractivity contribution >= 4 is 46.1 Å². The van der Waals surface area contributed by atoms with E-state index in [0.29, 0.717) is 15.7 Å². The third-order valence-electron chi connectivity index (χ3n) is 5.59. The summed E-state index contributed by atoms with van der Waals surface area (Å²) in [5.74, 6) is -0.404. The first-order valence-electron chi connectivity index (χ1n) is 10.5. The number of benzene rings is 2. The molecule has 0 unspecified atom stereocenters. The van der Waals surface area contributed by atoms with Gasteiger partial charge in [0.1, 0.15) is 6.33 Å². The van der Waals surface area contributed by atoms with E-state index in [1.54, 1.807) is 35.1 Å². The van der Waals surface area contributed by atoms with Crippen LogP contribution in [0.5, 0.6) is 0 Å². The molecule has 0 bridgehead atoms. The molecule has 0 fully saturated rings. The Kier molecular flexibility index (Phi) is 6.03. The summed E-state index contributed by atoms with van der Waals surface area (Å²) in [4.78, 5) is 28.3. The van der Waals surface area contributed by atoms with Crippen LogP contribution in [0.15, 0.2) is 70.3 Å². The minimum atomic E-state index is -0.490. The summed E-state index contributed by atoms with van der Waals surface area (Å²) < 4.78 is 1.67. The zero-order chi connectivity index (χ0) is 23.7. The number of nitro benzene ring substituents is 1. The highest BCUT2D eigenvalue weighted by atomic mass is 32.2. The van der Waals surface area contributed by atoms with Crippen molar-refractivity contribution < 1.29 is 9.72 Å². The van der Waals surface area contributed by atoms with Crippen LogP contribution in [0.3, 0.4) is 0 Å². The number of hydrogen-bond donors (Lipinski definition) is 1. The molecule has 0 atom stereocenters. The fourth-order valence-electron chi connectivity index (χ4n) is 3.85. The summed E-state index contributed by atoms with van der Waals surface area (Å²) in [6, 6.07) is 14.2. The van der Waals surface area contributed by atoms with E-state index in [-0.39, 0.29) is 11.3 Å². The number of thiophene rings is 1. The molecule has 1 aliphatic rings. The quantitative estimate of drug-likeness (QED) is 0.306. The van der Waals surface area contributed by atoms with Crippen LogP contribution in [-0.2, 0) is 20.0 Å². The molecule has 2 aromatic heterocycles. The van der Waals surface area contributed by atoms with Gasteiger partial charge in [0, 0.05) is 36.6 Å². The zero-order valence-corrected chi connectivity index (χ0v) is 19.8. The fraction of sp³-hybridized carbons (Fsp3) is 0.174. The Morgan fingerprint density at radius 3 is 2.88 bits per heavy atom. The predicted molar refractivity (Wildman–Crippen MR) is 132 cm³/mol. The highest BCUT2D eigenvalue weighted by Crippen LogP contribution is 2.35. The largest absolute Gasteiger partial charge is 0.365 e. The number of aryl methyl sites for hydroxylation is 1. The maximum atomic E-state index is 13.1. The smallest absolute Gasteiger partial charge is 0.284 e. The third-order valence-corrected chi connectivity index (χ3v) is 7.73. The molecule has 5 rings (SSSR count). The number of rotatable bonds is 6. The lowest BCUT2D eigenvalue weighted by atomic mass is 10.1. The van der Waals surface area contributed by atoms with Crippen molar-refractivity contribution in [2.45, 2.75) is 23.0 Å². The van der Waals surface area contributed by atoms with Crippen LogP contribution >= 0.6 is 23.1 Å². The van der Waals surface area contributed by atoms with E-state index < -0.39 is 10.8 Å². The Labute approximate surface area is 203 Å². The lowest BCUT2D eigenvalue weighted by molar-refractivity contribution is -0.387. The normalized spacial score (nSPS) is 12.9. The van der Waals surface area contributed by atoms with E-state index in [0.717, 1.165) is 37.0 Å². The van der Waals surface area contributed by atoms with E-state index in [2.05, 4.69) is 31.9 Å². The second-order valence-corrected chi connectivity index (χ2v) is 9.79. The Hall–Kier alpha value is -3.70. The summed E-state index contributed by atoms with van der Waals surface area (Å²) in [5, 5.41) is 25.1. The number of fused-ring (bicyclic) bond motifs is 1. The number of nitrogens with one attached hydrogen (secondary N) is 1. The number of nitrogens with zero attached hydrogens (tertiary/aromatic N) is 5. The van der Waals surface area contributed by atoms with Gasteiger partial charge in [-0.2, -0.15) is 0 Å². The molecule has 0 radical (unpaired) electrons. The predicted octanol–water partition coefficient (Wildman–Crippen LogP) is 4.75. The SMILES string of the molecule is Cn1cnnc1Sc1ccc(C(=O)Nc2ccccc2N2CCc3sccc3C2)cc1[N+](=O)[O-]. The van der Waals surface area contributed by atoms with Gasteiger partial charge in [-0.25, -0.2) is 0 Å². The van der Waals surface area contributed by atoms with Crippen LogP contribution in [0, 0.1) is 10.1 Å². The summed E-state index contributed by atoms with van der Waals surface area (Å²) in [7, 11) is 1.76. The molecule has 0 spiro atoms. The monoisotopic (exact) mass is 492 g/mol. The molecule has 172 valence electrons. The van der Waals surface area contributed by atoms with Gasteiger partial charge in [0.15, 0.2) is 5.16 Å². The summed E-state index contributed by atoms with van der Waals surface area (Å²) in [6.45, 7) is 1.64. The molecule has 2 aromatic carbocycles. The number of carbonyl (C=O) groups is 1. The molecular formula is C23H20N6O3S2. The van der Waals surface area contributed by atoms with Gasteiger partial charge in [-0.15, -0.1) is 21.5 Å². The van der Waals surface area contributed by atoms with Gasteiger partial charge in [0.25, 0.3) is 11.6 Å². The number of hydrogen-bond acceptors (Lipinski definition) is 8. The lowest BCUT2D eigenvalue weighted by Gasteiger charge is -2.30. The average molecular weight is 493 g/mol. The Balaban J connectivity index is 1.38. The van der Waals surface area contributed by atoms with Crippen LogP contribution in [0.2, 0.25) is 0 Å². The summed E-state index contributed by atoms with van der Waals surface area (Å²) in [5.41, 5.74) is 2.96. The Bertz CT molecular complexity index is 1380. The van der Waals surface area contributed by atoms with Crippen molar-refractivity contribution in [3.63, 3.8) is 0 Å². The molecule has 0 saturated heterocycles. The van der Waals surface area contributed by atoms with E-state index in [4.69, 9.17) is 0 Å². The molecule has 11 heteroatoms. The van der Waals surface area contributed by atoms with Crippen molar-refractivity contribution in [3.05, 3.63) is 86.4 Å². The molecule has 4 aromatic rings. The molecule has 34 heavy (non-hydrogen) atoms.